The van der Waals surface area contributed by atoms with E-state index in [9.17, 15) is 9.50 Å². The van der Waals surface area contributed by atoms with Crippen molar-refractivity contribution in [2.45, 2.75) is 13.1 Å². The van der Waals surface area contributed by atoms with E-state index in [4.69, 9.17) is 0 Å². The first-order chi connectivity index (χ1) is 7.75. The van der Waals surface area contributed by atoms with Crippen LogP contribution in [0.3, 0.4) is 0 Å². The third-order valence-corrected chi connectivity index (χ3v) is 2.92. The molecule has 0 saturated heterocycles. The smallest absolute Gasteiger partial charge is 0.123 e. The lowest BCUT2D eigenvalue weighted by Gasteiger charge is -2.05. The van der Waals surface area contributed by atoms with Crippen LogP contribution < -0.4 is 5.32 Å². The first-order valence-electron chi connectivity index (χ1n) is 4.81. The summed E-state index contributed by atoms with van der Waals surface area (Å²) >= 11 is 1.56. The summed E-state index contributed by atoms with van der Waals surface area (Å²) in [5.74, 6) is -0.231. The number of phenolic OH excluding ortho intramolecular Hbond substituents is 1. The normalized spacial score (nSPS) is 10.6. The van der Waals surface area contributed by atoms with Crippen molar-refractivity contribution in [2.75, 3.05) is 0 Å². The highest BCUT2D eigenvalue weighted by Gasteiger charge is 2.02. The van der Waals surface area contributed by atoms with Gasteiger partial charge in [0.15, 0.2) is 0 Å². The van der Waals surface area contributed by atoms with E-state index >= 15 is 0 Å². The van der Waals surface area contributed by atoms with Gasteiger partial charge >= 0.3 is 0 Å². The standard InChI is InChI=1S/C11H11FN2OS/c12-9-1-2-11(15)8(3-9)4-13-5-10-6-14-7-16-10/h1-3,6-7,13,15H,4-5H2. The Labute approximate surface area is 96.6 Å². The molecule has 0 aliphatic heterocycles. The second kappa shape index (κ2) is 5.05. The van der Waals surface area contributed by atoms with Crippen molar-refractivity contribution in [3.05, 3.63) is 46.2 Å². The summed E-state index contributed by atoms with van der Waals surface area (Å²) in [6, 6.07) is 3.93. The van der Waals surface area contributed by atoms with Gasteiger partial charge in [0.1, 0.15) is 11.6 Å². The molecule has 0 bridgehead atoms. The molecule has 0 amide bonds. The van der Waals surface area contributed by atoms with Gasteiger partial charge < -0.3 is 10.4 Å². The van der Waals surface area contributed by atoms with E-state index in [1.807, 2.05) is 0 Å². The van der Waals surface area contributed by atoms with Crippen LogP contribution >= 0.6 is 11.3 Å². The van der Waals surface area contributed by atoms with Crippen LogP contribution in [-0.2, 0) is 13.1 Å². The fraction of sp³-hybridized carbons (Fsp3) is 0.182. The van der Waals surface area contributed by atoms with Crippen molar-refractivity contribution in [3.63, 3.8) is 0 Å². The van der Waals surface area contributed by atoms with Gasteiger partial charge in [-0.1, -0.05) is 0 Å². The Balaban J connectivity index is 1.92. The maximum atomic E-state index is 12.9. The van der Waals surface area contributed by atoms with Crippen LogP contribution in [0.15, 0.2) is 29.9 Å². The third kappa shape index (κ3) is 2.77. The van der Waals surface area contributed by atoms with E-state index in [-0.39, 0.29) is 11.6 Å². The molecule has 3 nitrogen and oxygen atoms in total. The van der Waals surface area contributed by atoms with Crippen molar-refractivity contribution >= 4 is 11.3 Å². The number of aromatic nitrogens is 1. The number of nitrogens with one attached hydrogen (secondary N) is 1. The van der Waals surface area contributed by atoms with Crippen molar-refractivity contribution in [2.24, 2.45) is 0 Å². The molecule has 0 radical (unpaired) electrons. The first kappa shape index (κ1) is 11.0. The summed E-state index contributed by atoms with van der Waals surface area (Å²) in [5, 5.41) is 12.6. The van der Waals surface area contributed by atoms with E-state index in [0.29, 0.717) is 18.7 Å². The fourth-order valence-corrected chi connectivity index (χ4v) is 1.91. The van der Waals surface area contributed by atoms with E-state index in [1.54, 1.807) is 23.0 Å². The van der Waals surface area contributed by atoms with Crippen molar-refractivity contribution in [1.82, 2.24) is 10.3 Å². The Morgan fingerprint density at radius 2 is 2.25 bits per heavy atom. The highest BCUT2D eigenvalue weighted by Crippen LogP contribution is 2.17. The monoisotopic (exact) mass is 238 g/mol. The Hall–Kier alpha value is -1.46. The molecule has 1 heterocycles. The molecule has 84 valence electrons. The number of thiazole rings is 1. The number of hydrogen-bond acceptors (Lipinski definition) is 4. The zero-order chi connectivity index (χ0) is 11.4. The zero-order valence-corrected chi connectivity index (χ0v) is 9.30. The summed E-state index contributed by atoms with van der Waals surface area (Å²) in [4.78, 5) is 5.06. The molecular weight excluding hydrogens is 227 g/mol. The van der Waals surface area contributed by atoms with Crippen LogP contribution in [0.4, 0.5) is 4.39 Å². The van der Waals surface area contributed by atoms with Crippen LogP contribution in [0.2, 0.25) is 0 Å². The highest BCUT2D eigenvalue weighted by molar-refractivity contribution is 7.09. The predicted molar refractivity (Wildman–Crippen MR) is 60.7 cm³/mol. The van der Waals surface area contributed by atoms with Gasteiger partial charge in [0.05, 0.1) is 5.51 Å². The molecule has 0 aliphatic rings. The molecule has 1 aromatic carbocycles. The molecule has 2 rings (SSSR count). The van der Waals surface area contributed by atoms with Crippen LogP contribution in [0.1, 0.15) is 10.4 Å². The van der Waals surface area contributed by atoms with Gasteiger partial charge in [-0.25, -0.2) is 4.39 Å². The van der Waals surface area contributed by atoms with Crippen molar-refractivity contribution in [3.8, 4) is 5.75 Å². The highest BCUT2D eigenvalue weighted by atomic mass is 32.1. The minimum absolute atomic E-state index is 0.109. The molecule has 5 heteroatoms. The molecule has 0 fully saturated rings. The summed E-state index contributed by atoms with van der Waals surface area (Å²) in [6.45, 7) is 1.10. The zero-order valence-electron chi connectivity index (χ0n) is 8.48. The van der Waals surface area contributed by atoms with Gasteiger partial charge in [0.25, 0.3) is 0 Å². The number of phenols is 1. The molecule has 2 aromatic rings. The quantitative estimate of drug-likeness (QED) is 0.859. The molecular formula is C11H11FN2OS. The average Bonchev–Trinajstić information content (AvgIpc) is 2.76. The molecule has 0 spiro atoms. The molecule has 1 aromatic heterocycles. The second-order valence-electron chi connectivity index (χ2n) is 3.34. The molecule has 0 aliphatic carbocycles. The molecule has 0 unspecified atom stereocenters. The summed E-state index contributed by atoms with van der Waals surface area (Å²) in [5.41, 5.74) is 2.32. The molecule has 2 N–H and O–H groups in total. The van der Waals surface area contributed by atoms with Crippen LogP contribution in [0, 0.1) is 5.82 Å². The maximum Gasteiger partial charge on any atom is 0.123 e. The van der Waals surface area contributed by atoms with Gasteiger partial charge in [-0.05, 0) is 18.2 Å². The van der Waals surface area contributed by atoms with E-state index in [1.165, 1.54) is 18.2 Å². The molecule has 0 saturated carbocycles. The van der Waals surface area contributed by atoms with E-state index < -0.39 is 0 Å². The Morgan fingerprint density at radius 1 is 1.38 bits per heavy atom. The Bertz CT molecular complexity index is 459. The summed E-state index contributed by atoms with van der Waals surface area (Å²) < 4.78 is 12.9. The number of halogens is 1. The second-order valence-corrected chi connectivity index (χ2v) is 4.32. The molecule has 0 atom stereocenters. The Morgan fingerprint density at radius 3 is 3.00 bits per heavy atom. The van der Waals surface area contributed by atoms with Crippen LogP contribution in [0.25, 0.3) is 0 Å². The topological polar surface area (TPSA) is 45.1 Å². The van der Waals surface area contributed by atoms with Gasteiger partial charge in [-0.3, -0.25) is 4.98 Å². The Kier molecular flexibility index (Phi) is 3.48. The minimum atomic E-state index is -0.340. The summed E-state index contributed by atoms with van der Waals surface area (Å²) in [6.07, 6.45) is 1.78. The molecule has 16 heavy (non-hydrogen) atoms. The van der Waals surface area contributed by atoms with Crippen molar-refractivity contribution in [1.29, 1.82) is 0 Å². The van der Waals surface area contributed by atoms with Gasteiger partial charge in [0.2, 0.25) is 0 Å². The first-order valence-corrected chi connectivity index (χ1v) is 5.69. The van der Waals surface area contributed by atoms with Gasteiger partial charge in [0, 0.05) is 29.7 Å². The third-order valence-electron chi connectivity index (χ3n) is 2.14. The lowest BCUT2D eigenvalue weighted by atomic mass is 10.2. The summed E-state index contributed by atoms with van der Waals surface area (Å²) in [7, 11) is 0. The SMILES string of the molecule is Oc1ccc(F)cc1CNCc1cncs1. The van der Waals surface area contributed by atoms with Crippen LogP contribution in [0.5, 0.6) is 5.75 Å². The van der Waals surface area contributed by atoms with E-state index in [2.05, 4.69) is 10.3 Å². The number of aromatic hydroxyl groups is 1. The van der Waals surface area contributed by atoms with Gasteiger partial charge in [-0.15, -0.1) is 11.3 Å². The maximum absolute atomic E-state index is 12.9. The minimum Gasteiger partial charge on any atom is -0.508 e. The van der Waals surface area contributed by atoms with Gasteiger partial charge in [-0.2, -0.15) is 0 Å². The lowest BCUT2D eigenvalue weighted by molar-refractivity contribution is 0.461. The van der Waals surface area contributed by atoms with E-state index in [0.717, 1.165) is 4.88 Å². The number of benzene rings is 1. The van der Waals surface area contributed by atoms with Crippen LogP contribution in [-0.4, -0.2) is 10.1 Å². The number of hydrogen-bond donors (Lipinski definition) is 2. The number of rotatable bonds is 4. The average molecular weight is 238 g/mol. The number of nitrogens with zero attached hydrogens (tertiary/aromatic N) is 1. The fourth-order valence-electron chi connectivity index (χ4n) is 1.35. The van der Waals surface area contributed by atoms with Crippen molar-refractivity contribution < 1.29 is 9.50 Å². The largest absolute Gasteiger partial charge is 0.508 e. The lowest BCUT2D eigenvalue weighted by Crippen LogP contribution is -2.12. The predicted octanol–water partition coefficient (Wildman–Crippen LogP) is 2.28.